The zero-order chi connectivity index (χ0) is 19.8. The predicted molar refractivity (Wildman–Crippen MR) is 107 cm³/mol. The quantitative estimate of drug-likeness (QED) is 0.479. The van der Waals surface area contributed by atoms with Gasteiger partial charge in [-0.15, -0.1) is 11.3 Å². The Hall–Kier alpha value is -3.32. The Kier molecular flexibility index (Phi) is 4.52. The summed E-state index contributed by atoms with van der Waals surface area (Å²) >= 11 is 1.43. The highest BCUT2D eigenvalue weighted by molar-refractivity contribution is 7.24. The monoisotopic (exact) mass is 395 g/mol. The molecule has 0 aliphatic heterocycles. The third-order valence-corrected chi connectivity index (χ3v) is 5.73. The van der Waals surface area contributed by atoms with Gasteiger partial charge in [-0.05, 0) is 42.0 Å². The fourth-order valence-electron chi connectivity index (χ4n) is 3.32. The lowest BCUT2D eigenvalue weighted by Gasteiger charge is -2.08. The molecule has 0 saturated heterocycles. The maximum atomic E-state index is 12.7. The number of nitrogens with zero attached hydrogens (tertiary/aromatic N) is 1. The van der Waals surface area contributed by atoms with Crippen molar-refractivity contribution in [1.29, 1.82) is 0 Å². The van der Waals surface area contributed by atoms with Crippen LogP contribution in [0, 0.1) is 0 Å². The Morgan fingerprint density at radius 2 is 1.50 bits per heavy atom. The summed E-state index contributed by atoms with van der Waals surface area (Å²) in [6.07, 6.45) is 0. The molecule has 0 unspecified atom stereocenters. The molecule has 2 heterocycles. The second-order valence-corrected chi connectivity index (χ2v) is 7.05. The molecular formula is C21H17NO5S. The number of methoxy groups -OCH3 is 3. The maximum Gasteiger partial charge on any atom is 0.341 e. The first kappa shape index (κ1) is 18.1. The Morgan fingerprint density at radius 1 is 0.857 bits per heavy atom. The Morgan fingerprint density at radius 3 is 2.14 bits per heavy atom. The highest BCUT2D eigenvalue weighted by Gasteiger charge is 2.32. The summed E-state index contributed by atoms with van der Waals surface area (Å²) in [6.45, 7) is 0. The fourth-order valence-corrected chi connectivity index (χ4v) is 4.51. The van der Waals surface area contributed by atoms with E-state index < -0.39 is 11.9 Å². The smallest absolute Gasteiger partial charge is 0.341 e. The van der Waals surface area contributed by atoms with Gasteiger partial charge in [-0.25, -0.2) is 9.59 Å². The summed E-state index contributed by atoms with van der Waals surface area (Å²) in [5, 5.41) is 0. The van der Waals surface area contributed by atoms with Gasteiger partial charge >= 0.3 is 11.9 Å². The largest absolute Gasteiger partial charge is 0.497 e. The molecule has 2 aromatic heterocycles. The number of para-hydroxylation sites is 1. The molecule has 6 nitrogen and oxygen atoms in total. The molecule has 4 aromatic rings. The van der Waals surface area contributed by atoms with Gasteiger partial charge in [0.25, 0.3) is 0 Å². The van der Waals surface area contributed by atoms with Crippen LogP contribution in [0.5, 0.6) is 5.75 Å². The number of carbonyl (C=O) groups excluding carboxylic acids is 2. The minimum Gasteiger partial charge on any atom is -0.497 e. The van der Waals surface area contributed by atoms with Crippen molar-refractivity contribution < 1.29 is 23.8 Å². The highest BCUT2D eigenvalue weighted by atomic mass is 32.1. The molecule has 2 aromatic carbocycles. The van der Waals surface area contributed by atoms with Gasteiger partial charge in [-0.2, -0.15) is 0 Å². The number of carbonyl (C=O) groups is 2. The summed E-state index contributed by atoms with van der Waals surface area (Å²) in [4.78, 5) is 26.0. The van der Waals surface area contributed by atoms with Crippen molar-refractivity contribution >= 4 is 38.3 Å². The maximum absolute atomic E-state index is 12.7. The van der Waals surface area contributed by atoms with Gasteiger partial charge in [0.2, 0.25) is 0 Å². The Balaban J connectivity index is 2.18. The van der Waals surface area contributed by atoms with Crippen molar-refractivity contribution in [1.82, 2.24) is 4.40 Å². The van der Waals surface area contributed by atoms with Gasteiger partial charge in [-0.1, -0.05) is 12.1 Å². The average Bonchev–Trinajstić information content (AvgIpc) is 3.27. The number of fused-ring (bicyclic) bond motifs is 3. The van der Waals surface area contributed by atoms with Crippen LogP contribution in [0.15, 0.2) is 48.5 Å². The summed E-state index contributed by atoms with van der Waals surface area (Å²) in [6, 6.07) is 15.1. The summed E-state index contributed by atoms with van der Waals surface area (Å²) in [5.74, 6) is -0.477. The van der Waals surface area contributed by atoms with E-state index in [0.717, 1.165) is 15.8 Å². The molecule has 0 atom stereocenters. The summed E-state index contributed by atoms with van der Waals surface area (Å²) in [7, 11) is 4.18. The predicted octanol–water partition coefficient (Wildman–Crippen LogP) is 4.40. The number of esters is 2. The van der Waals surface area contributed by atoms with Crippen LogP contribution in [-0.2, 0) is 9.47 Å². The Bertz CT molecular complexity index is 1200. The van der Waals surface area contributed by atoms with Gasteiger partial charge in [0, 0.05) is 0 Å². The van der Waals surface area contributed by atoms with Crippen LogP contribution in [0.25, 0.3) is 26.3 Å². The molecular weight excluding hydrogens is 378 g/mol. The first-order valence-electron chi connectivity index (χ1n) is 8.47. The number of ether oxygens (including phenoxy) is 3. The van der Waals surface area contributed by atoms with Crippen LogP contribution in [0.4, 0.5) is 0 Å². The number of benzene rings is 2. The molecule has 4 rings (SSSR count). The van der Waals surface area contributed by atoms with Crippen LogP contribution in [0.3, 0.4) is 0 Å². The van der Waals surface area contributed by atoms with Crippen molar-refractivity contribution in [2.45, 2.75) is 0 Å². The average molecular weight is 395 g/mol. The molecule has 0 saturated carbocycles. The van der Waals surface area contributed by atoms with E-state index in [1.54, 1.807) is 7.11 Å². The van der Waals surface area contributed by atoms with Gasteiger partial charge in [0.05, 0.1) is 37.2 Å². The number of thiazole rings is 1. The standard InChI is InChI=1S/C21H17NO5S/c1-25-13-10-8-12(9-11-13)18-16(20(23)26-2)17(21(24)27-3)19-22(18)14-6-4-5-7-15(14)28-19/h4-11H,1-3H3. The van der Waals surface area contributed by atoms with E-state index in [9.17, 15) is 9.59 Å². The third kappa shape index (κ3) is 2.63. The van der Waals surface area contributed by atoms with Crippen LogP contribution in [-0.4, -0.2) is 37.7 Å². The first-order chi connectivity index (χ1) is 13.6. The third-order valence-electron chi connectivity index (χ3n) is 4.58. The molecule has 0 amide bonds. The van der Waals surface area contributed by atoms with E-state index in [2.05, 4.69) is 0 Å². The topological polar surface area (TPSA) is 66.2 Å². The molecule has 0 fully saturated rings. The first-order valence-corrected chi connectivity index (χ1v) is 9.29. The normalized spacial score (nSPS) is 11.0. The van der Waals surface area contributed by atoms with Gasteiger partial charge in [-0.3, -0.25) is 4.40 Å². The summed E-state index contributed by atoms with van der Waals surface area (Å²) < 4.78 is 18.1. The zero-order valence-corrected chi connectivity index (χ0v) is 16.3. The number of hydrogen-bond acceptors (Lipinski definition) is 6. The summed E-state index contributed by atoms with van der Waals surface area (Å²) in [5.41, 5.74) is 2.64. The second kappa shape index (κ2) is 7.01. The van der Waals surface area contributed by atoms with E-state index in [1.165, 1.54) is 25.6 Å². The van der Waals surface area contributed by atoms with Crippen molar-refractivity contribution in [3.05, 3.63) is 59.7 Å². The van der Waals surface area contributed by atoms with E-state index in [-0.39, 0.29) is 11.1 Å². The number of hydrogen-bond donors (Lipinski definition) is 0. The van der Waals surface area contributed by atoms with Crippen molar-refractivity contribution in [3.63, 3.8) is 0 Å². The van der Waals surface area contributed by atoms with E-state index in [1.807, 2.05) is 52.9 Å². The van der Waals surface area contributed by atoms with E-state index in [4.69, 9.17) is 14.2 Å². The molecule has 7 heteroatoms. The molecule has 0 spiro atoms. The van der Waals surface area contributed by atoms with Crippen LogP contribution in [0.2, 0.25) is 0 Å². The Labute approximate surface area is 164 Å². The molecule has 0 aliphatic carbocycles. The molecule has 0 aliphatic rings. The highest BCUT2D eigenvalue weighted by Crippen LogP contribution is 2.40. The number of rotatable bonds is 4. The minimum atomic E-state index is -0.591. The SMILES string of the molecule is COC(=O)c1c(C(=O)OC)c2sc3ccccc3n2c1-c1ccc(OC)cc1. The van der Waals surface area contributed by atoms with Crippen molar-refractivity contribution in [2.75, 3.05) is 21.3 Å². The lowest BCUT2D eigenvalue weighted by Crippen LogP contribution is -2.10. The van der Waals surface area contributed by atoms with Crippen LogP contribution in [0.1, 0.15) is 20.7 Å². The fraction of sp³-hybridized carbons (Fsp3) is 0.143. The molecule has 0 radical (unpaired) electrons. The molecule has 28 heavy (non-hydrogen) atoms. The van der Waals surface area contributed by atoms with Crippen molar-refractivity contribution in [3.8, 4) is 17.0 Å². The van der Waals surface area contributed by atoms with Crippen LogP contribution >= 0.6 is 11.3 Å². The van der Waals surface area contributed by atoms with Crippen LogP contribution < -0.4 is 4.74 Å². The van der Waals surface area contributed by atoms with Crippen molar-refractivity contribution in [2.24, 2.45) is 0 Å². The second-order valence-electron chi connectivity index (χ2n) is 6.02. The van der Waals surface area contributed by atoms with Gasteiger partial charge < -0.3 is 14.2 Å². The number of aromatic nitrogens is 1. The minimum absolute atomic E-state index is 0.191. The molecule has 0 N–H and O–H groups in total. The molecule has 142 valence electrons. The lowest BCUT2D eigenvalue weighted by atomic mass is 10.0. The van der Waals surface area contributed by atoms with E-state index >= 15 is 0 Å². The zero-order valence-electron chi connectivity index (χ0n) is 15.5. The van der Waals surface area contributed by atoms with E-state index in [0.29, 0.717) is 16.3 Å². The molecule has 0 bridgehead atoms. The van der Waals surface area contributed by atoms with Gasteiger partial charge in [0.15, 0.2) is 0 Å². The van der Waals surface area contributed by atoms with Gasteiger partial charge in [0.1, 0.15) is 21.7 Å². The lowest BCUT2D eigenvalue weighted by molar-refractivity contribution is 0.0559.